The summed E-state index contributed by atoms with van der Waals surface area (Å²) in [6.07, 6.45) is -3.03. The Balaban J connectivity index is 1.94. The number of pyridine rings is 1. The number of halogens is 6. The van der Waals surface area contributed by atoms with Crippen LogP contribution in [0.3, 0.4) is 0 Å². The van der Waals surface area contributed by atoms with Crippen LogP contribution in [0.4, 0.5) is 22.0 Å². The highest BCUT2D eigenvalue weighted by molar-refractivity contribution is 14.2. The Hall–Kier alpha value is -2.16. The lowest BCUT2D eigenvalue weighted by molar-refractivity contribution is -0.137. The van der Waals surface area contributed by atoms with Gasteiger partial charge in [0.15, 0.2) is 16.4 Å². The first kappa shape index (κ1) is 24.5. The van der Waals surface area contributed by atoms with Gasteiger partial charge in [-0.15, -0.1) is 0 Å². The number of sulfone groups is 1. The first-order chi connectivity index (χ1) is 14.7. The summed E-state index contributed by atoms with van der Waals surface area (Å²) in [5.74, 6) is -1.05. The summed E-state index contributed by atoms with van der Waals surface area (Å²) >= 11 is -1.74. The summed E-state index contributed by atoms with van der Waals surface area (Å²) in [6, 6.07) is 4.11. The van der Waals surface area contributed by atoms with Gasteiger partial charge in [0.25, 0.3) is 5.91 Å². The molecule has 1 amide bonds. The molecule has 0 bridgehead atoms. The third-order valence-electron chi connectivity index (χ3n) is 4.57. The predicted molar refractivity (Wildman–Crippen MR) is 114 cm³/mol. The molecule has 174 valence electrons. The fourth-order valence-electron chi connectivity index (χ4n) is 2.96. The molecule has 0 atom stereocenters. The van der Waals surface area contributed by atoms with Crippen molar-refractivity contribution in [1.82, 2.24) is 9.88 Å². The summed E-state index contributed by atoms with van der Waals surface area (Å²) < 4.78 is 95.0. The van der Waals surface area contributed by atoms with Crippen LogP contribution in [-0.2, 0) is 29.1 Å². The number of ether oxygens (including phenoxy) is 1. The zero-order valence-electron chi connectivity index (χ0n) is 16.4. The molecule has 1 aromatic heterocycles. The molecule has 1 aliphatic rings. The van der Waals surface area contributed by atoms with Gasteiger partial charge >= 0.3 is 10.1 Å². The molecule has 2 heterocycles. The van der Waals surface area contributed by atoms with E-state index in [9.17, 15) is 35.2 Å². The number of fused-ring (bicyclic) bond motifs is 1. The fraction of sp³-hybridized carbons (Fsp3) is 0.316. The number of alkyl halides is 6. The smallest absolute Gasteiger partial charge is 0.417 e. The van der Waals surface area contributed by atoms with E-state index >= 15 is 0 Å². The maximum Gasteiger partial charge on any atom is 0.417 e. The van der Waals surface area contributed by atoms with Gasteiger partial charge in [0.05, 0.1) is 28.3 Å². The fourth-order valence-corrected chi connectivity index (χ4v) is 3.98. The van der Waals surface area contributed by atoms with Crippen molar-refractivity contribution in [3.05, 3.63) is 52.8 Å². The number of aromatic nitrogens is 1. The number of amides is 1. The van der Waals surface area contributed by atoms with Gasteiger partial charge in [-0.05, 0) is 50.6 Å². The molecule has 0 N–H and O–H groups in total. The number of nitrogens with zero attached hydrogens (tertiary/aromatic N) is 2. The van der Waals surface area contributed by atoms with Crippen molar-refractivity contribution in [2.75, 3.05) is 12.9 Å². The zero-order chi connectivity index (χ0) is 23.9. The Bertz CT molecular complexity index is 1180. The minimum Gasteiger partial charge on any atom is -0.486 e. The third-order valence-corrected chi connectivity index (χ3v) is 7.11. The van der Waals surface area contributed by atoms with E-state index in [1.807, 2.05) is 0 Å². The number of carbonyl (C=O) groups excluding carboxylic acids is 1. The lowest BCUT2D eigenvalue weighted by atomic mass is 10.1. The van der Waals surface area contributed by atoms with E-state index in [-0.39, 0.29) is 40.6 Å². The van der Waals surface area contributed by atoms with Crippen LogP contribution < -0.4 is 4.74 Å². The van der Waals surface area contributed by atoms with E-state index in [1.165, 1.54) is 0 Å². The lowest BCUT2D eigenvalue weighted by Gasteiger charge is -2.19. The molecule has 0 saturated carbocycles. The van der Waals surface area contributed by atoms with Crippen LogP contribution in [0, 0.1) is 0 Å². The molecule has 0 fully saturated rings. The molecule has 2 aromatic rings. The highest BCUT2D eigenvalue weighted by atomic mass is 127. The molecule has 6 nitrogen and oxygen atoms in total. The highest BCUT2D eigenvalue weighted by Gasteiger charge is 2.35. The summed E-state index contributed by atoms with van der Waals surface area (Å²) in [7, 11) is -3.74. The average Bonchev–Trinajstić information content (AvgIpc) is 3.13. The average molecular weight is 590 g/mol. The van der Waals surface area contributed by atoms with Crippen LogP contribution in [0.25, 0.3) is 0 Å². The molecule has 13 heteroatoms. The monoisotopic (exact) mass is 590 g/mol. The Morgan fingerprint density at radius 2 is 1.91 bits per heavy atom. The Kier molecular flexibility index (Phi) is 6.62. The van der Waals surface area contributed by atoms with Gasteiger partial charge < -0.3 is 9.64 Å². The summed E-state index contributed by atoms with van der Waals surface area (Å²) in [4.78, 5) is 17.8. The second-order valence-corrected chi connectivity index (χ2v) is 11.3. The number of hydrogen-bond acceptors (Lipinski definition) is 5. The van der Waals surface area contributed by atoms with Gasteiger partial charge in [-0.3, -0.25) is 9.78 Å². The largest absolute Gasteiger partial charge is 0.486 e. The molecule has 3 rings (SSSR count). The molecule has 0 unspecified atom stereocenters. The number of hydrogen-bond donors (Lipinski definition) is 0. The lowest BCUT2D eigenvalue weighted by Crippen LogP contribution is -2.27. The molecule has 0 saturated heterocycles. The third kappa shape index (κ3) is 5.42. The highest BCUT2D eigenvalue weighted by Crippen LogP contribution is 2.34. The van der Waals surface area contributed by atoms with Gasteiger partial charge in [0, 0.05) is 19.0 Å². The van der Waals surface area contributed by atoms with Crippen LogP contribution in [0.15, 0.2) is 35.4 Å². The van der Waals surface area contributed by atoms with Crippen molar-refractivity contribution in [1.29, 1.82) is 0 Å². The Morgan fingerprint density at radius 1 is 1.22 bits per heavy atom. The SMILES string of the molecule is C=IC(F)(F)COc1ccc(S(C)(=O)=O)cc1C(=O)N1Cc2cc(C(F)(F)F)cnc2C1. The maximum atomic E-state index is 13.6. The van der Waals surface area contributed by atoms with Crippen LogP contribution >= 0.6 is 20.7 Å². The van der Waals surface area contributed by atoms with Gasteiger partial charge in [-0.1, -0.05) is 4.51 Å². The topological polar surface area (TPSA) is 76.6 Å². The van der Waals surface area contributed by atoms with Crippen molar-refractivity contribution < 1.29 is 39.9 Å². The second kappa shape index (κ2) is 8.65. The maximum absolute atomic E-state index is 13.6. The van der Waals surface area contributed by atoms with Crippen LogP contribution in [0.5, 0.6) is 5.75 Å². The first-order valence-corrected chi connectivity index (χ1v) is 13.3. The van der Waals surface area contributed by atoms with E-state index in [2.05, 4.69) is 9.50 Å². The van der Waals surface area contributed by atoms with E-state index < -0.39 is 58.8 Å². The standard InChI is InChI=1S/C19H16F5IN2O4S/c1-25-18(20,21)10-31-16-4-3-13(32(2,29)30)6-14(16)17(28)27-8-11-5-12(19(22,23)24)7-26-15(11)9-27/h3-7H,1,8-10H2,2H3. The molecule has 1 aromatic carbocycles. The summed E-state index contributed by atoms with van der Waals surface area (Å²) in [6.45, 7) is -1.39. The second-order valence-electron chi connectivity index (χ2n) is 6.96. The van der Waals surface area contributed by atoms with Crippen LogP contribution in [-0.4, -0.2) is 45.5 Å². The number of carbonyl (C=O) groups is 1. The summed E-state index contributed by atoms with van der Waals surface area (Å²) in [5, 5.41) is 0. The molecular weight excluding hydrogens is 574 g/mol. The van der Waals surface area contributed by atoms with Crippen molar-refractivity contribution in [2.24, 2.45) is 0 Å². The Morgan fingerprint density at radius 3 is 2.50 bits per heavy atom. The van der Waals surface area contributed by atoms with Gasteiger partial charge in [-0.2, -0.15) is 22.0 Å². The van der Waals surface area contributed by atoms with E-state index in [4.69, 9.17) is 4.74 Å². The Labute approximate surface area is 190 Å². The quantitative estimate of drug-likeness (QED) is 0.289. The minimum absolute atomic E-state index is 0.130. The summed E-state index contributed by atoms with van der Waals surface area (Å²) in [5.41, 5.74) is -0.827. The van der Waals surface area contributed by atoms with Gasteiger partial charge in [0.2, 0.25) is 0 Å². The number of rotatable bonds is 6. The predicted octanol–water partition coefficient (Wildman–Crippen LogP) is 4.03. The van der Waals surface area contributed by atoms with E-state index in [0.717, 1.165) is 35.4 Å². The molecule has 0 aliphatic carbocycles. The van der Waals surface area contributed by atoms with Gasteiger partial charge in [0.1, 0.15) is 5.75 Å². The molecular formula is C19H16F5IN2O4S. The minimum atomic E-state index is -4.60. The molecule has 0 spiro atoms. The van der Waals surface area contributed by atoms with Crippen LogP contribution in [0.1, 0.15) is 27.2 Å². The molecule has 32 heavy (non-hydrogen) atoms. The van der Waals surface area contributed by atoms with Crippen LogP contribution in [0.2, 0.25) is 0 Å². The van der Waals surface area contributed by atoms with Gasteiger partial charge in [-0.25, -0.2) is 8.42 Å². The zero-order valence-corrected chi connectivity index (χ0v) is 19.4. The van der Waals surface area contributed by atoms with Crippen molar-refractivity contribution >= 4 is 41.0 Å². The normalized spacial score (nSPS) is 14.4. The van der Waals surface area contributed by atoms with Crippen molar-refractivity contribution in [3.63, 3.8) is 0 Å². The van der Waals surface area contributed by atoms with Crippen molar-refractivity contribution in [3.8, 4) is 5.75 Å². The van der Waals surface area contributed by atoms with E-state index in [1.54, 1.807) is 0 Å². The van der Waals surface area contributed by atoms with E-state index in [0.29, 0.717) is 6.20 Å². The molecule has 0 radical (unpaired) electrons. The van der Waals surface area contributed by atoms with Crippen molar-refractivity contribution in [2.45, 2.75) is 28.1 Å². The molecule has 1 aliphatic heterocycles. The number of benzene rings is 1. The first-order valence-electron chi connectivity index (χ1n) is 8.80.